The molecule has 0 aromatic carbocycles. The fourth-order valence-corrected chi connectivity index (χ4v) is 3.12. The summed E-state index contributed by atoms with van der Waals surface area (Å²) < 4.78 is 0. The molecule has 0 amide bonds. The second-order valence-corrected chi connectivity index (χ2v) is 5.10. The Morgan fingerprint density at radius 1 is 1.19 bits per heavy atom. The van der Waals surface area contributed by atoms with Crippen LogP contribution in [0.5, 0.6) is 0 Å². The van der Waals surface area contributed by atoms with Crippen molar-refractivity contribution in [2.24, 2.45) is 0 Å². The lowest BCUT2D eigenvalue weighted by Crippen LogP contribution is -2.54. The molecule has 0 saturated heterocycles. The van der Waals surface area contributed by atoms with Crippen molar-refractivity contribution in [2.75, 3.05) is 13.1 Å². The van der Waals surface area contributed by atoms with Gasteiger partial charge in [-0.05, 0) is 39.3 Å². The maximum atomic E-state index is 3.69. The predicted octanol–water partition coefficient (Wildman–Crippen LogP) is 3.03. The molecule has 1 rings (SSSR count). The number of hydrogen-bond donors (Lipinski definition) is 1. The summed E-state index contributed by atoms with van der Waals surface area (Å²) in [5, 5.41) is 3.69. The van der Waals surface area contributed by atoms with Crippen molar-refractivity contribution >= 4 is 0 Å². The van der Waals surface area contributed by atoms with Gasteiger partial charge in [0.1, 0.15) is 0 Å². The van der Waals surface area contributed by atoms with Gasteiger partial charge in [0.2, 0.25) is 0 Å². The van der Waals surface area contributed by atoms with E-state index in [-0.39, 0.29) is 0 Å². The summed E-state index contributed by atoms with van der Waals surface area (Å²) in [6, 6.07) is 2.23. The summed E-state index contributed by atoms with van der Waals surface area (Å²) in [7, 11) is 0. The molecule has 2 nitrogen and oxygen atoms in total. The van der Waals surface area contributed by atoms with E-state index in [1.54, 1.807) is 0 Å². The zero-order chi connectivity index (χ0) is 12.0. The Balaban J connectivity index is 2.63. The van der Waals surface area contributed by atoms with Gasteiger partial charge < -0.3 is 5.32 Å². The molecular weight excluding hydrogens is 196 g/mol. The molecule has 1 N–H and O–H groups in total. The molecule has 1 saturated carbocycles. The van der Waals surface area contributed by atoms with E-state index >= 15 is 0 Å². The standard InChI is InChI=1S/C14H30N2/c1-5-12(4)16(7-3)14-11-9-8-10-13(14)15-6-2/h12-15H,5-11H2,1-4H3. The maximum absolute atomic E-state index is 3.69. The lowest BCUT2D eigenvalue weighted by atomic mass is 9.88. The van der Waals surface area contributed by atoms with Crippen LogP contribution >= 0.6 is 0 Å². The Bertz CT molecular complexity index is 180. The molecule has 0 heterocycles. The summed E-state index contributed by atoms with van der Waals surface area (Å²) in [6.07, 6.45) is 6.84. The topological polar surface area (TPSA) is 15.3 Å². The van der Waals surface area contributed by atoms with Gasteiger partial charge in [-0.15, -0.1) is 0 Å². The van der Waals surface area contributed by atoms with Gasteiger partial charge >= 0.3 is 0 Å². The fraction of sp³-hybridized carbons (Fsp3) is 1.00. The highest BCUT2D eigenvalue weighted by Crippen LogP contribution is 2.25. The molecule has 0 aliphatic heterocycles. The lowest BCUT2D eigenvalue weighted by Gasteiger charge is -2.42. The Kier molecular flexibility index (Phi) is 6.37. The molecule has 3 unspecified atom stereocenters. The third-order valence-corrected chi connectivity index (χ3v) is 4.14. The molecule has 0 bridgehead atoms. The van der Waals surface area contributed by atoms with Crippen LogP contribution in [0.25, 0.3) is 0 Å². The van der Waals surface area contributed by atoms with E-state index in [9.17, 15) is 0 Å². The van der Waals surface area contributed by atoms with Crippen LogP contribution in [0.4, 0.5) is 0 Å². The molecule has 0 aromatic heterocycles. The highest BCUT2D eigenvalue weighted by molar-refractivity contribution is 4.89. The molecule has 96 valence electrons. The molecule has 1 aliphatic rings. The van der Waals surface area contributed by atoms with Crippen LogP contribution in [-0.2, 0) is 0 Å². The molecular formula is C14H30N2. The normalized spacial score (nSPS) is 28.3. The number of likely N-dealkylation sites (N-methyl/N-ethyl adjacent to an activating group) is 2. The molecule has 3 atom stereocenters. The average Bonchev–Trinajstić information content (AvgIpc) is 2.32. The summed E-state index contributed by atoms with van der Waals surface area (Å²) in [6.45, 7) is 11.5. The second kappa shape index (κ2) is 7.29. The van der Waals surface area contributed by atoms with Crippen molar-refractivity contribution in [3.05, 3.63) is 0 Å². The van der Waals surface area contributed by atoms with Gasteiger partial charge in [-0.25, -0.2) is 0 Å². The van der Waals surface area contributed by atoms with E-state index in [1.165, 1.54) is 38.6 Å². The quantitative estimate of drug-likeness (QED) is 0.749. The highest BCUT2D eigenvalue weighted by Gasteiger charge is 2.30. The van der Waals surface area contributed by atoms with E-state index in [0.29, 0.717) is 0 Å². The molecule has 0 spiro atoms. The predicted molar refractivity (Wildman–Crippen MR) is 71.9 cm³/mol. The Labute approximate surface area is 102 Å². The zero-order valence-corrected chi connectivity index (χ0v) is 11.6. The van der Waals surface area contributed by atoms with E-state index in [4.69, 9.17) is 0 Å². The van der Waals surface area contributed by atoms with Crippen LogP contribution in [0, 0.1) is 0 Å². The van der Waals surface area contributed by atoms with E-state index < -0.39 is 0 Å². The zero-order valence-electron chi connectivity index (χ0n) is 11.6. The minimum absolute atomic E-state index is 0.729. The number of nitrogens with one attached hydrogen (secondary N) is 1. The van der Waals surface area contributed by atoms with Crippen molar-refractivity contribution in [3.63, 3.8) is 0 Å². The second-order valence-electron chi connectivity index (χ2n) is 5.10. The van der Waals surface area contributed by atoms with Crippen LogP contribution < -0.4 is 5.32 Å². The smallest absolute Gasteiger partial charge is 0.0252 e. The molecule has 0 radical (unpaired) electrons. The van der Waals surface area contributed by atoms with E-state index in [1.807, 2.05) is 0 Å². The van der Waals surface area contributed by atoms with Gasteiger partial charge in [-0.3, -0.25) is 4.90 Å². The number of rotatable bonds is 6. The Morgan fingerprint density at radius 2 is 1.88 bits per heavy atom. The van der Waals surface area contributed by atoms with Gasteiger partial charge in [0.25, 0.3) is 0 Å². The van der Waals surface area contributed by atoms with Crippen molar-refractivity contribution < 1.29 is 0 Å². The van der Waals surface area contributed by atoms with E-state index in [2.05, 4.69) is 37.9 Å². The first-order valence-corrected chi connectivity index (χ1v) is 7.23. The number of hydrogen-bond acceptors (Lipinski definition) is 2. The van der Waals surface area contributed by atoms with Gasteiger partial charge in [0.05, 0.1) is 0 Å². The fourth-order valence-electron chi connectivity index (χ4n) is 3.12. The van der Waals surface area contributed by atoms with Gasteiger partial charge in [0, 0.05) is 18.1 Å². The molecule has 0 aromatic rings. The lowest BCUT2D eigenvalue weighted by molar-refractivity contribution is 0.0892. The third-order valence-electron chi connectivity index (χ3n) is 4.14. The highest BCUT2D eigenvalue weighted by atomic mass is 15.2. The van der Waals surface area contributed by atoms with Crippen LogP contribution in [0.2, 0.25) is 0 Å². The SMILES string of the molecule is CCNC1CCCCC1N(CC)C(C)CC. The van der Waals surface area contributed by atoms with Crippen LogP contribution in [0.3, 0.4) is 0 Å². The maximum Gasteiger partial charge on any atom is 0.0252 e. The number of nitrogens with zero attached hydrogens (tertiary/aromatic N) is 1. The Hall–Kier alpha value is -0.0800. The molecule has 1 aliphatic carbocycles. The van der Waals surface area contributed by atoms with Gasteiger partial charge in [-0.1, -0.05) is 33.6 Å². The van der Waals surface area contributed by atoms with Crippen molar-refractivity contribution in [1.29, 1.82) is 0 Å². The van der Waals surface area contributed by atoms with Gasteiger partial charge in [-0.2, -0.15) is 0 Å². The van der Waals surface area contributed by atoms with Gasteiger partial charge in [0.15, 0.2) is 0 Å². The summed E-state index contributed by atoms with van der Waals surface area (Å²) >= 11 is 0. The summed E-state index contributed by atoms with van der Waals surface area (Å²) in [5.41, 5.74) is 0. The summed E-state index contributed by atoms with van der Waals surface area (Å²) in [5.74, 6) is 0. The first kappa shape index (κ1) is 14.0. The summed E-state index contributed by atoms with van der Waals surface area (Å²) in [4.78, 5) is 2.71. The average molecular weight is 226 g/mol. The third kappa shape index (κ3) is 3.46. The Morgan fingerprint density at radius 3 is 2.44 bits per heavy atom. The molecule has 16 heavy (non-hydrogen) atoms. The van der Waals surface area contributed by atoms with E-state index in [0.717, 1.165) is 24.7 Å². The molecule has 2 heteroatoms. The van der Waals surface area contributed by atoms with Crippen molar-refractivity contribution in [2.45, 2.75) is 77.9 Å². The minimum atomic E-state index is 0.729. The van der Waals surface area contributed by atoms with Crippen LogP contribution in [-0.4, -0.2) is 36.1 Å². The first-order valence-electron chi connectivity index (χ1n) is 7.23. The van der Waals surface area contributed by atoms with Crippen LogP contribution in [0.15, 0.2) is 0 Å². The van der Waals surface area contributed by atoms with Crippen molar-refractivity contribution in [1.82, 2.24) is 10.2 Å². The van der Waals surface area contributed by atoms with Crippen LogP contribution in [0.1, 0.15) is 59.8 Å². The van der Waals surface area contributed by atoms with Crippen molar-refractivity contribution in [3.8, 4) is 0 Å². The minimum Gasteiger partial charge on any atom is -0.313 e. The first-order chi connectivity index (χ1) is 7.74. The monoisotopic (exact) mass is 226 g/mol. The largest absolute Gasteiger partial charge is 0.313 e. The molecule has 1 fully saturated rings.